The number of nitrogens with zero attached hydrogens (tertiary/aromatic N) is 5. The van der Waals surface area contributed by atoms with E-state index in [-0.39, 0.29) is 17.5 Å². The molecule has 0 fully saturated rings. The largest absolute Gasteiger partial charge is 0.416 e. The van der Waals surface area contributed by atoms with E-state index in [9.17, 15) is 26.4 Å². The molecule has 1 amide bonds. The lowest BCUT2D eigenvalue weighted by Gasteiger charge is -2.15. The van der Waals surface area contributed by atoms with E-state index in [0.29, 0.717) is 12.1 Å². The highest BCUT2D eigenvalue weighted by Gasteiger charge is 2.33. The van der Waals surface area contributed by atoms with E-state index in [4.69, 9.17) is 7.85 Å². The van der Waals surface area contributed by atoms with E-state index in [0.717, 1.165) is 12.3 Å². The van der Waals surface area contributed by atoms with Gasteiger partial charge in [-0.3, -0.25) is 4.79 Å². The molecule has 0 spiro atoms. The molecule has 1 N–H and O–H groups in total. The van der Waals surface area contributed by atoms with Crippen LogP contribution in [0.2, 0.25) is 0 Å². The summed E-state index contributed by atoms with van der Waals surface area (Å²) in [7, 11) is 1.63. The average molecular weight is 450 g/mol. The summed E-state index contributed by atoms with van der Waals surface area (Å²) in [5, 5.41) is 6.41. The minimum Gasteiger partial charge on any atom is -0.342 e. The maximum Gasteiger partial charge on any atom is 0.416 e. The number of nitrogens with one attached hydrogen (secondary N) is 1. The number of amides is 1. The lowest BCUT2D eigenvalue weighted by atomic mass is 10.1. The molecule has 2 heterocycles. The second-order valence-corrected chi connectivity index (χ2v) is 8.52. The lowest BCUT2D eigenvalue weighted by Crippen LogP contribution is -2.29. The molecule has 3 rings (SSSR count). The minimum absolute atomic E-state index is 0.112. The molecule has 2 radical (unpaired) electrons. The average Bonchev–Trinajstić information content (AvgIpc) is 3.09. The van der Waals surface area contributed by atoms with E-state index in [2.05, 4.69) is 25.4 Å². The number of carbonyl (C=O) groups is 1. The van der Waals surface area contributed by atoms with Gasteiger partial charge < -0.3 is 5.32 Å². The van der Waals surface area contributed by atoms with Crippen molar-refractivity contribution in [2.75, 3.05) is 6.26 Å². The fraction of sp³-hybridized carbons (Fsp3) is 0.235. The van der Waals surface area contributed by atoms with Gasteiger partial charge in [0.25, 0.3) is 11.9 Å². The van der Waals surface area contributed by atoms with Gasteiger partial charge in [-0.2, -0.15) is 23.0 Å². The first-order valence-electron chi connectivity index (χ1n) is 8.59. The molecule has 1 atom stereocenters. The number of alkyl halides is 3. The van der Waals surface area contributed by atoms with E-state index in [1.807, 2.05) is 0 Å². The van der Waals surface area contributed by atoms with E-state index < -0.39 is 44.0 Å². The summed E-state index contributed by atoms with van der Waals surface area (Å²) in [6.07, 6.45) is -1.20. The SMILES string of the molecule is [B]c1nc([C@H](C)NC(=O)c2cc(C(F)(F)F)cc(S(C)(=O)=O)c2)n(-c2ncccn2)n1. The third-order valence-corrected chi connectivity index (χ3v) is 5.14. The van der Waals surface area contributed by atoms with Crippen molar-refractivity contribution in [2.24, 2.45) is 0 Å². The molecule has 0 aliphatic rings. The minimum atomic E-state index is -4.85. The highest BCUT2D eigenvalue weighted by atomic mass is 32.2. The smallest absolute Gasteiger partial charge is 0.342 e. The van der Waals surface area contributed by atoms with Crippen LogP contribution < -0.4 is 11.0 Å². The van der Waals surface area contributed by atoms with Crippen LogP contribution in [-0.2, 0) is 16.0 Å². The van der Waals surface area contributed by atoms with Gasteiger partial charge in [0.15, 0.2) is 23.5 Å². The Morgan fingerprint density at radius 2 is 1.84 bits per heavy atom. The van der Waals surface area contributed by atoms with Crippen LogP contribution in [0.5, 0.6) is 0 Å². The van der Waals surface area contributed by atoms with Crippen LogP contribution in [0.15, 0.2) is 41.6 Å². The Kier molecular flexibility index (Phi) is 5.85. The highest BCUT2D eigenvalue weighted by molar-refractivity contribution is 7.90. The second-order valence-electron chi connectivity index (χ2n) is 6.50. The maximum absolute atomic E-state index is 13.2. The van der Waals surface area contributed by atoms with Gasteiger partial charge in [0.2, 0.25) is 0 Å². The molecule has 0 aliphatic heterocycles. The predicted octanol–water partition coefficient (Wildman–Crippen LogP) is 0.764. The summed E-state index contributed by atoms with van der Waals surface area (Å²) < 4.78 is 64.3. The van der Waals surface area contributed by atoms with Crippen molar-refractivity contribution < 1.29 is 26.4 Å². The molecule has 31 heavy (non-hydrogen) atoms. The highest BCUT2D eigenvalue weighted by Crippen LogP contribution is 2.32. The van der Waals surface area contributed by atoms with Crippen molar-refractivity contribution >= 4 is 29.3 Å². The number of carbonyl (C=O) groups excluding carboxylic acids is 1. The number of benzene rings is 1. The zero-order valence-electron chi connectivity index (χ0n) is 16.1. The van der Waals surface area contributed by atoms with E-state index in [1.165, 1.54) is 24.0 Å². The Balaban J connectivity index is 1.96. The number of rotatable bonds is 5. The van der Waals surface area contributed by atoms with Crippen LogP contribution in [0.3, 0.4) is 0 Å². The van der Waals surface area contributed by atoms with Crippen molar-refractivity contribution in [3.63, 3.8) is 0 Å². The summed E-state index contributed by atoms with van der Waals surface area (Å²) in [4.78, 5) is 24.0. The molecule has 3 aromatic rings. The summed E-state index contributed by atoms with van der Waals surface area (Å²) in [5.41, 5.74) is -1.89. The van der Waals surface area contributed by atoms with Gasteiger partial charge in [0.05, 0.1) is 22.2 Å². The normalized spacial score (nSPS) is 13.1. The molecule has 14 heteroatoms. The fourth-order valence-corrected chi connectivity index (χ4v) is 3.30. The molecule has 0 saturated carbocycles. The fourth-order valence-electron chi connectivity index (χ4n) is 2.62. The molecule has 0 bridgehead atoms. The van der Waals surface area contributed by atoms with Crippen LogP contribution in [0, 0.1) is 0 Å². The van der Waals surface area contributed by atoms with Gasteiger partial charge in [-0.1, -0.05) is 0 Å². The molecule has 0 aliphatic carbocycles. The van der Waals surface area contributed by atoms with E-state index in [1.54, 1.807) is 6.07 Å². The van der Waals surface area contributed by atoms with Crippen LogP contribution in [0.1, 0.15) is 34.7 Å². The second kappa shape index (κ2) is 8.09. The van der Waals surface area contributed by atoms with Crippen molar-refractivity contribution in [1.82, 2.24) is 30.0 Å². The quantitative estimate of drug-likeness (QED) is 0.570. The molecule has 9 nitrogen and oxygen atoms in total. The maximum atomic E-state index is 13.2. The number of aromatic nitrogens is 5. The molecule has 1 aromatic carbocycles. The van der Waals surface area contributed by atoms with Gasteiger partial charge in [-0.25, -0.2) is 23.4 Å². The van der Waals surface area contributed by atoms with Crippen molar-refractivity contribution in [3.05, 3.63) is 53.6 Å². The van der Waals surface area contributed by atoms with Crippen molar-refractivity contribution in [1.29, 1.82) is 0 Å². The first-order chi connectivity index (χ1) is 14.4. The topological polar surface area (TPSA) is 120 Å². The Labute approximate surface area is 176 Å². The number of hydrogen-bond acceptors (Lipinski definition) is 7. The monoisotopic (exact) mass is 450 g/mol. The van der Waals surface area contributed by atoms with Crippen LogP contribution in [-0.4, -0.2) is 53.2 Å². The Hall–Kier alpha value is -3.29. The molecule has 2 aromatic heterocycles. The zero-order valence-corrected chi connectivity index (χ0v) is 16.9. The van der Waals surface area contributed by atoms with Crippen LogP contribution in [0.25, 0.3) is 5.95 Å². The van der Waals surface area contributed by atoms with E-state index >= 15 is 0 Å². The summed E-state index contributed by atoms with van der Waals surface area (Å²) in [5.74, 6) is -0.723. The lowest BCUT2D eigenvalue weighted by molar-refractivity contribution is -0.137. The molecule has 0 unspecified atom stereocenters. The molecular formula is C17H14BF3N6O3S. The van der Waals surface area contributed by atoms with Crippen LogP contribution >= 0.6 is 0 Å². The predicted molar refractivity (Wildman–Crippen MR) is 103 cm³/mol. The van der Waals surface area contributed by atoms with Crippen molar-refractivity contribution in [2.45, 2.75) is 24.0 Å². The summed E-state index contributed by atoms with van der Waals surface area (Å²) in [6.45, 7) is 1.49. The van der Waals surface area contributed by atoms with Gasteiger partial charge in [-0.05, 0) is 31.2 Å². The zero-order chi connectivity index (χ0) is 23.0. The number of halogens is 3. The molecule has 160 valence electrons. The Morgan fingerprint density at radius 3 is 2.42 bits per heavy atom. The third kappa shape index (κ3) is 5.07. The number of hydrogen-bond donors (Lipinski definition) is 1. The summed E-state index contributed by atoms with van der Waals surface area (Å²) >= 11 is 0. The standard InChI is InChI=1S/C17H14BF3N6O3S/c1-9(13-25-15(18)26-27(13)16-22-4-3-5-23-16)24-14(28)10-6-11(17(19,20)21)8-12(7-10)31(2,29)30/h3-9H,1-2H3,(H,24,28)/t9-/m0/s1. The van der Waals surface area contributed by atoms with Gasteiger partial charge in [0, 0.05) is 24.2 Å². The Bertz CT molecular complexity index is 1230. The first kappa shape index (κ1) is 22.4. The number of sulfone groups is 1. The molecular weight excluding hydrogens is 436 g/mol. The molecule has 0 saturated heterocycles. The van der Waals surface area contributed by atoms with Gasteiger partial charge in [-0.15, -0.1) is 0 Å². The van der Waals surface area contributed by atoms with Gasteiger partial charge >= 0.3 is 6.18 Å². The van der Waals surface area contributed by atoms with Crippen molar-refractivity contribution in [3.8, 4) is 5.95 Å². The first-order valence-corrected chi connectivity index (χ1v) is 10.5. The van der Waals surface area contributed by atoms with Gasteiger partial charge in [0.1, 0.15) is 0 Å². The van der Waals surface area contributed by atoms with Crippen LogP contribution in [0.4, 0.5) is 13.2 Å². The third-order valence-electron chi connectivity index (χ3n) is 4.05. The Morgan fingerprint density at radius 1 is 1.19 bits per heavy atom. The summed E-state index contributed by atoms with van der Waals surface area (Å²) in [6, 6.07) is 2.58.